The van der Waals surface area contributed by atoms with Crippen LogP contribution in [0.4, 0.5) is 11.4 Å². The van der Waals surface area contributed by atoms with Crippen molar-refractivity contribution in [1.29, 1.82) is 0 Å². The van der Waals surface area contributed by atoms with E-state index >= 15 is 0 Å². The Labute approximate surface area is 220 Å². The van der Waals surface area contributed by atoms with Gasteiger partial charge in [-0.2, -0.15) is 0 Å². The molecule has 0 spiro atoms. The molecular formula is C29H28N2O7. The van der Waals surface area contributed by atoms with Crippen molar-refractivity contribution in [2.24, 2.45) is 0 Å². The van der Waals surface area contributed by atoms with Gasteiger partial charge in [0.05, 0.1) is 59.8 Å². The van der Waals surface area contributed by atoms with Crippen LogP contribution >= 0.6 is 0 Å². The zero-order valence-corrected chi connectivity index (χ0v) is 21.4. The van der Waals surface area contributed by atoms with Crippen LogP contribution in [0, 0.1) is 0 Å². The maximum absolute atomic E-state index is 13.2. The number of carboxylic acids is 1. The number of hydrogen-bond acceptors (Lipinski definition) is 7. The van der Waals surface area contributed by atoms with Gasteiger partial charge in [0.15, 0.2) is 11.5 Å². The molecule has 9 nitrogen and oxygen atoms in total. The number of nitrogens with zero attached hydrogens (tertiary/aromatic N) is 2. The zero-order valence-electron chi connectivity index (χ0n) is 21.4. The minimum Gasteiger partial charge on any atom is -0.493 e. The van der Waals surface area contributed by atoms with Crippen LogP contribution in [0.3, 0.4) is 0 Å². The standard InChI is InChI=1S/C29H28N2O7/c1-4-30-21-11-13-23(36-5-2)19(15-25(32)33)26(21)38-27-20(24(37-6-3)14-12-22(27)30)16-31-28(34)17-9-7-8-10-18(17)29(31)35/h7-14H,4-6,15-16H2,1-3H3,(H,32,33). The van der Waals surface area contributed by atoms with Crippen LogP contribution in [0.25, 0.3) is 0 Å². The van der Waals surface area contributed by atoms with Gasteiger partial charge in [0, 0.05) is 6.54 Å². The summed E-state index contributed by atoms with van der Waals surface area (Å²) in [6.07, 6.45) is -0.301. The van der Waals surface area contributed by atoms with Crippen molar-refractivity contribution < 1.29 is 33.7 Å². The predicted octanol–water partition coefficient (Wildman–Crippen LogP) is 5.17. The molecule has 0 bridgehead atoms. The summed E-state index contributed by atoms with van der Waals surface area (Å²) in [5, 5.41) is 9.66. The highest BCUT2D eigenvalue weighted by atomic mass is 16.5. The van der Waals surface area contributed by atoms with E-state index in [1.807, 2.05) is 37.8 Å². The van der Waals surface area contributed by atoms with Gasteiger partial charge in [0.1, 0.15) is 11.5 Å². The molecule has 0 saturated carbocycles. The smallest absolute Gasteiger partial charge is 0.308 e. The van der Waals surface area contributed by atoms with E-state index in [1.165, 1.54) is 4.90 Å². The lowest BCUT2D eigenvalue weighted by Crippen LogP contribution is -2.30. The van der Waals surface area contributed by atoms with Crippen LogP contribution < -0.4 is 19.1 Å². The Morgan fingerprint density at radius 2 is 1.32 bits per heavy atom. The van der Waals surface area contributed by atoms with Gasteiger partial charge in [-0.25, -0.2) is 0 Å². The molecule has 196 valence electrons. The van der Waals surface area contributed by atoms with Gasteiger partial charge in [-0.1, -0.05) is 12.1 Å². The van der Waals surface area contributed by atoms with Crippen molar-refractivity contribution in [3.8, 4) is 23.0 Å². The number of ether oxygens (including phenoxy) is 3. The number of carbonyl (C=O) groups is 3. The Hall–Kier alpha value is -4.53. The van der Waals surface area contributed by atoms with E-state index in [1.54, 1.807) is 36.4 Å². The molecule has 0 radical (unpaired) electrons. The Balaban J connectivity index is 1.65. The Morgan fingerprint density at radius 1 is 0.789 bits per heavy atom. The molecule has 38 heavy (non-hydrogen) atoms. The van der Waals surface area contributed by atoms with E-state index in [9.17, 15) is 19.5 Å². The van der Waals surface area contributed by atoms with E-state index < -0.39 is 5.97 Å². The number of benzene rings is 3. The predicted molar refractivity (Wildman–Crippen MR) is 140 cm³/mol. The molecule has 0 saturated heterocycles. The molecule has 1 N–H and O–H groups in total. The summed E-state index contributed by atoms with van der Waals surface area (Å²) in [5.41, 5.74) is 3.06. The zero-order chi connectivity index (χ0) is 27.0. The Morgan fingerprint density at radius 3 is 1.82 bits per heavy atom. The third kappa shape index (κ3) is 4.09. The second-order valence-corrected chi connectivity index (χ2v) is 8.81. The lowest BCUT2D eigenvalue weighted by atomic mass is 10.0. The van der Waals surface area contributed by atoms with Crippen molar-refractivity contribution in [2.45, 2.75) is 33.7 Å². The minimum absolute atomic E-state index is 0.0723. The quantitative estimate of drug-likeness (QED) is 0.388. The van der Waals surface area contributed by atoms with Gasteiger partial charge in [-0.3, -0.25) is 19.3 Å². The van der Waals surface area contributed by atoms with Crippen LogP contribution in [-0.2, 0) is 17.8 Å². The number of fused-ring (bicyclic) bond motifs is 3. The molecule has 0 aromatic heterocycles. The summed E-state index contributed by atoms with van der Waals surface area (Å²) in [6, 6.07) is 14.0. The van der Waals surface area contributed by atoms with Crippen molar-refractivity contribution in [2.75, 3.05) is 24.7 Å². The number of rotatable bonds is 9. The van der Waals surface area contributed by atoms with Crippen molar-refractivity contribution in [1.82, 2.24) is 4.90 Å². The van der Waals surface area contributed by atoms with Crippen molar-refractivity contribution in [3.05, 3.63) is 70.8 Å². The van der Waals surface area contributed by atoms with E-state index in [0.29, 0.717) is 70.7 Å². The second-order valence-electron chi connectivity index (χ2n) is 8.81. The molecule has 9 heteroatoms. The molecule has 0 unspecified atom stereocenters. The average Bonchev–Trinajstić information content (AvgIpc) is 3.15. The topological polar surface area (TPSA) is 106 Å². The van der Waals surface area contributed by atoms with Crippen molar-refractivity contribution in [3.63, 3.8) is 0 Å². The average molecular weight is 517 g/mol. The normalized spacial score (nSPS) is 13.6. The van der Waals surface area contributed by atoms with E-state index in [0.717, 1.165) is 5.69 Å². The fourth-order valence-corrected chi connectivity index (χ4v) is 5.01. The van der Waals surface area contributed by atoms with Gasteiger partial charge < -0.3 is 24.2 Å². The fraction of sp³-hybridized carbons (Fsp3) is 0.276. The van der Waals surface area contributed by atoms with Gasteiger partial charge in [0.25, 0.3) is 11.8 Å². The van der Waals surface area contributed by atoms with E-state index in [2.05, 4.69) is 0 Å². The minimum atomic E-state index is -1.02. The maximum atomic E-state index is 13.2. The fourth-order valence-electron chi connectivity index (χ4n) is 5.01. The maximum Gasteiger partial charge on any atom is 0.308 e. The molecule has 2 aliphatic rings. The number of imide groups is 1. The first-order valence-electron chi connectivity index (χ1n) is 12.6. The molecule has 5 rings (SSSR count). The number of carbonyl (C=O) groups excluding carboxylic acids is 2. The highest BCUT2D eigenvalue weighted by molar-refractivity contribution is 6.21. The van der Waals surface area contributed by atoms with Crippen molar-refractivity contribution >= 4 is 29.2 Å². The number of amides is 2. The molecular weight excluding hydrogens is 488 g/mol. The third-order valence-corrected chi connectivity index (χ3v) is 6.62. The van der Waals surface area contributed by atoms with Crippen LogP contribution in [-0.4, -0.2) is 47.5 Å². The van der Waals surface area contributed by atoms with E-state index in [4.69, 9.17) is 14.2 Å². The molecule has 0 aliphatic carbocycles. The van der Waals surface area contributed by atoms with Crippen LogP contribution in [0.1, 0.15) is 52.6 Å². The summed E-state index contributed by atoms with van der Waals surface area (Å²) in [7, 11) is 0. The molecule has 2 aliphatic heterocycles. The molecule has 2 amide bonds. The van der Waals surface area contributed by atoms with Gasteiger partial charge in [-0.05, 0) is 57.2 Å². The molecule has 0 fully saturated rings. The lowest BCUT2D eigenvalue weighted by Gasteiger charge is -2.35. The van der Waals surface area contributed by atoms with Crippen LogP contribution in [0.5, 0.6) is 23.0 Å². The van der Waals surface area contributed by atoms with Crippen LogP contribution in [0.15, 0.2) is 48.5 Å². The summed E-state index contributed by atoms with van der Waals surface area (Å²) >= 11 is 0. The largest absolute Gasteiger partial charge is 0.493 e. The molecule has 3 aromatic carbocycles. The van der Waals surface area contributed by atoms with Gasteiger partial charge in [0.2, 0.25) is 0 Å². The summed E-state index contributed by atoms with van der Waals surface area (Å²) in [5.74, 6) is -0.129. The first-order valence-corrected chi connectivity index (χ1v) is 12.6. The highest BCUT2D eigenvalue weighted by Gasteiger charge is 2.38. The summed E-state index contributed by atoms with van der Waals surface area (Å²) in [4.78, 5) is 41.4. The summed E-state index contributed by atoms with van der Waals surface area (Å²) in [6.45, 7) is 6.86. The van der Waals surface area contributed by atoms with E-state index in [-0.39, 0.29) is 24.8 Å². The van der Waals surface area contributed by atoms with Crippen LogP contribution in [0.2, 0.25) is 0 Å². The SMILES string of the molecule is CCOc1ccc2c(c1CC(=O)O)Oc1c(ccc(OCC)c1CN1C(=O)c3ccccc3C1=O)N2CC. The Kier molecular flexibility index (Phi) is 6.67. The number of hydrogen-bond donors (Lipinski definition) is 1. The van der Waals surface area contributed by atoms with Gasteiger partial charge >= 0.3 is 5.97 Å². The first-order chi connectivity index (χ1) is 18.4. The Bertz CT molecular complexity index is 1410. The number of aliphatic carboxylic acids is 1. The number of anilines is 2. The molecule has 2 heterocycles. The lowest BCUT2D eigenvalue weighted by molar-refractivity contribution is -0.136. The third-order valence-electron chi connectivity index (χ3n) is 6.62. The summed E-state index contributed by atoms with van der Waals surface area (Å²) < 4.78 is 18.1. The first kappa shape index (κ1) is 25.1. The van der Waals surface area contributed by atoms with Gasteiger partial charge in [-0.15, -0.1) is 0 Å². The second kappa shape index (κ2) is 10.1. The molecule has 3 aromatic rings. The molecule has 0 atom stereocenters. The monoisotopic (exact) mass is 516 g/mol. The number of carboxylic acid groups (broad SMARTS) is 1. The highest BCUT2D eigenvalue weighted by Crippen LogP contribution is 2.53.